The van der Waals surface area contributed by atoms with Gasteiger partial charge in [0.25, 0.3) is 5.56 Å². The number of carbonyl (C=O) groups is 1. The molecule has 0 aliphatic carbocycles. The first-order valence-corrected chi connectivity index (χ1v) is 10.1. The molecule has 5 heterocycles. The molecule has 3 aromatic rings. The predicted octanol–water partition coefficient (Wildman–Crippen LogP) is 2.94. The van der Waals surface area contributed by atoms with Crippen molar-refractivity contribution in [1.82, 2.24) is 14.5 Å². The van der Waals surface area contributed by atoms with Crippen molar-refractivity contribution in [2.75, 3.05) is 18.0 Å². The molecule has 1 fully saturated rings. The summed E-state index contributed by atoms with van der Waals surface area (Å²) in [5, 5.41) is 9.63. The Labute approximate surface area is 173 Å². The maximum absolute atomic E-state index is 12.9. The summed E-state index contributed by atoms with van der Waals surface area (Å²) in [5.74, 6) is -0.0346. The van der Waals surface area contributed by atoms with Gasteiger partial charge in [-0.15, -0.1) is 0 Å². The zero-order chi connectivity index (χ0) is 20.8. The highest BCUT2D eigenvalue weighted by Crippen LogP contribution is 2.38. The van der Waals surface area contributed by atoms with E-state index < -0.39 is 5.97 Å². The van der Waals surface area contributed by atoms with Crippen LogP contribution in [0.3, 0.4) is 0 Å². The first kappa shape index (κ1) is 18.5. The summed E-state index contributed by atoms with van der Waals surface area (Å²) in [7, 11) is 0. The van der Waals surface area contributed by atoms with Gasteiger partial charge in [0.2, 0.25) is 0 Å². The Kier molecular flexibility index (Phi) is 4.38. The summed E-state index contributed by atoms with van der Waals surface area (Å²) in [5.41, 5.74) is 3.61. The Balaban J connectivity index is 1.55. The lowest BCUT2D eigenvalue weighted by atomic mass is 9.82. The number of hydrogen-bond acceptors (Lipinski definition) is 5. The van der Waals surface area contributed by atoms with Gasteiger partial charge in [-0.3, -0.25) is 9.78 Å². The highest BCUT2D eigenvalue weighted by atomic mass is 16.4. The van der Waals surface area contributed by atoms with Crippen LogP contribution in [0.2, 0.25) is 0 Å². The number of aromatic nitrogens is 3. The highest BCUT2D eigenvalue weighted by Gasteiger charge is 2.36. The highest BCUT2D eigenvalue weighted by molar-refractivity contribution is 5.93. The number of anilines is 1. The third kappa shape index (κ3) is 3.16. The van der Waals surface area contributed by atoms with Crippen molar-refractivity contribution in [3.8, 4) is 11.3 Å². The monoisotopic (exact) mass is 402 g/mol. The molecule has 2 aliphatic heterocycles. The van der Waals surface area contributed by atoms with E-state index in [9.17, 15) is 14.7 Å². The molecule has 5 rings (SSSR count). The Hall–Kier alpha value is -3.48. The molecule has 0 unspecified atom stereocenters. The molecule has 0 aromatic carbocycles. The van der Waals surface area contributed by atoms with Crippen molar-refractivity contribution in [3.05, 3.63) is 76.0 Å². The number of nitrogens with zero attached hydrogens (tertiary/aromatic N) is 4. The van der Waals surface area contributed by atoms with Crippen LogP contribution < -0.4 is 10.5 Å². The zero-order valence-corrected chi connectivity index (χ0v) is 16.7. The van der Waals surface area contributed by atoms with Gasteiger partial charge in [-0.1, -0.05) is 6.07 Å². The molecule has 1 saturated heterocycles. The molecule has 0 saturated carbocycles. The Bertz CT molecular complexity index is 1190. The van der Waals surface area contributed by atoms with E-state index in [-0.39, 0.29) is 23.0 Å². The predicted molar refractivity (Wildman–Crippen MR) is 113 cm³/mol. The van der Waals surface area contributed by atoms with Crippen LogP contribution in [-0.2, 0) is 6.54 Å². The van der Waals surface area contributed by atoms with Crippen molar-refractivity contribution >= 4 is 11.8 Å². The van der Waals surface area contributed by atoms with Crippen molar-refractivity contribution < 1.29 is 9.90 Å². The molecular weight excluding hydrogens is 380 g/mol. The van der Waals surface area contributed by atoms with E-state index in [0.717, 1.165) is 29.1 Å². The maximum Gasteiger partial charge on any atom is 0.339 e. The van der Waals surface area contributed by atoms with Crippen LogP contribution in [-0.4, -0.2) is 38.7 Å². The van der Waals surface area contributed by atoms with E-state index in [1.807, 2.05) is 29.7 Å². The topological polar surface area (TPSA) is 88.3 Å². The van der Waals surface area contributed by atoms with Gasteiger partial charge in [0.05, 0.1) is 5.69 Å². The van der Waals surface area contributed by atoms with E-state index in [0.29, 0.717) is 25.5 Å². The van der Waals surface area contributed by atoms with Gasteiger partial charge in [0.15, 0.2) is 0 Å². The lowest BCUT2D eigenvalue weighted by Gasteiger charge is -2.43. The first-order valence-electron chi connectivity index (χ1n) is 10.1. The minimum atomic E-state index is -0.970. The molecule has 2 aliphatic rings. The van der Waals surface area contributed by atoms with Crippen LogP contribution in [0.25, 0.3) is 11.3 Å². The first-order chi connectivity index (χ1) is 14.5. The number of rotatable bonds is 3. The molecule has 7 heteroatoms. The number of aromatic carboxylic acids is 1. The second kappa shape index (κ2) is 7.09. The average Bonchev–Trinajstić information content (AvgIpc) is 2.74. The minimum Gasteiger partial charge on any atom is -0.478 e. The molecule has 152 valence electrons. The fraction of sp³-hybridized carbons (Fsp3) is 0.304. The average molecular weight is 402 g/mol. The number of hydrogen-bond donors (Lipinski definition) is 1. The Morgan fingerprint density at radius 1 is 1.13 bits per heavy atom. The third-order valence-corrected chi connectivity index (χ3v) is 6.06. The van der Waals surface area contributed by atoms with Crippen LogP contribution in [0.1, 0.15) is 34.1 Å². The van der Waals surface area contributed by atoms with Gasteiger partial charge in [-0.2, -0.15) is 0 Å². The molecular formula is C23H22N4O3. The van der Waals surface area contributed by atoms with Crippen molar-refractivity contribution in [3.63, 3.8) is 0 Å². The summed E-state index contributed by atoms with van der Waals surface area (Å²) in [6.45, 7) is 3.84. The molecule has 0 radical (unpaired) electrons. The van der Waals surface area contributed by atoms with Crippen LogP contribution >= 0.6 is 0 Å². The van der Waals surface area contributed by atoms with Crippen molar-refractivity contribution in [2.45, 2.75) is 25.8 Å². The molecule has 0 spiro atoms. The fourth-order valence-corrected chi connectivity index (χ4v) is 4.76. The largest absolute Gasteiger partial charge is 0.478 e. The van der Waals surface area contributed by atoms with Crippen LogP contribution in [0, 0.1) is 12.8 Å². The minimum absolute atomic E-state index is 0.00351. The standard InChI is InChI=1S/C23H22N4O3/c1-14-5-6-18(23(29)30)22(25-14)26-11-15-8-17(13-26)20-9-16(10-21(28)27(20)12-15)19-4-2-3-7-24-19/h2-7,9-10,15,17H,8,11-13H2,1H3,(H,29,30)/t15-,17+/m0/s1. The summed E-state index contributed by atoms with van der Waals surface area (Å²) in [6.07, 6.45) is 2.71. The van der Waals surface area contributed by atoms with E-state index in [4.69, 9.17) is 0 Å². The number of piperidine rings is 1. The molecule has 2 atom stereocenters. The maximum atomic E-state index is 12.9. The number of carboxylic acid groups (broad SMARTS) is 1. The zero-order valence-electron chi connectivity index (χ0n) is 16.7. The number of carboxylic acids is 1. The van der Waals surface area contributed by atoms with Crippen LogP contribution in [0.5, 0.6) is 0 Å². The lowest BCUT2D eigenvalue weighted by molar-refractivity contribution is 0.0697. The van der Waals surface area contributed by atoms with Gasteiger partial charge in [-0.05, 0) is 49.6 Å². The van der Waals surface area contributed by atoms with Crippen molar-refractivity contribution in [2.24, 2.45) is 5.92 Å². The second-order valence-electron chi connectivity index (χ2n) is 8.17. The molecule has 3 aromatic heterocycles. The van der Waals surface area contributed by atoms with Crippen LogP contribution in [0.15, 0.2) is 53.5 Å². The third-order valence-electron chi connectivity index (χ3n) is 6.06. The van der Waals surface area contributed by atoms with E-state index in [1.54, 1.807) is 24.4 Å². The quantitative estimate of drug-likeness (QED) is 0.725. The molecule has 7 nitrogen and oxygen atoms in total. The second-order valence-corrected chi connectivity index (χ2v) is 8.17. The fourth-order valence-electron chi connectivity index (χ4n) is 4.76. The van der Waals surface area contributed by atoms with E-state index in [2.05, 4.69) is 20.9 Å². The van der Waals surface area contributed by atoms with Gasteiger partial charge in [-0.25, -0.2) is 9.78 Å². The summed E-state index contributed by atoms with van der Waals surface area (Å²) in [6, 6.07) is 12.8. The molecule has 30 heavy (non-hydrogen) atoms. The Morgan fingerprint density at radius 3 is 2.77 bits per heavy atom. The smallest absolute Gasteiger partial charge is 0.339 e. The SMILES string of the molecule is Cc1ccc(C(=O)O)c(N2C[C@@H]3C[C@H](C2)c2cc(-c4ccccn4)cc(=O)n2C3)n1. The molecule has 1 N–H and O–H groups in total. The number of fused-ring (bicyclic) bond motifs is 4. The Morgan fingerprint density at radius 2 is 2.00 bits per heavy atom. The summed E-state index contributed by atoms with van der Waals surface area (Å²) in [4.78, 5) is 35.6. The van der Waals surface area contributed by atoms with Crippen molar-refractivity contribution in [1.29, 1.82) is 0 Å². The van der Waals surface area contributed by atoms with Gasteiger partial charge in [0, 0.05) is 54.8 Å². The summed E-state index contributed by atoms with van der Waals surface area (Å²) >= 11 is 0. The number of pyridine rings is 3. The molecule has 2 bridgehead atoms. The van der Waals surface area contributed by atoms with E-state index in [1.165, 1.54) is 0 Å². The lowest BCUT2D eigenvalue weighted by Crippen LogP contribution is -2.48. The van der Waals surface area contributed by atoms with Gasteiger partial charge < -0.3 is 14.6 Å². The van der Waals surface area contributed by atoms with Gasteiger partial charge >= 0.3 is 5.97 Å². The summed E-state index contributed by atoms with van der Waals surface area (Å²) < 4.78 is 1.88. The van der Waals surface area contributed by atoms with Gasteiger partial charge in [0.1, 0.15) is 11.4 Å². The molecule has 0 amide bonds. The normalized spacial score (nSPS) is 20.0. The van der Waals surface area contributed by atoms with Crippen LogP contribution in [0.4, 0.5) is 5.82 Å². The number of aryl methyl sites for hydroxylation is 1. The van der Waals surface area contributed by atoms with E-state index >= 15 is 0 Å².